The highest BCUT2D eigenvalue weighted by Gasteiger charge is 2.62. The van der Waals surface area contributed by atoms with Gasteiger partial charge in [0.25, 0.3) is 0 Å². The second-order valence-corrected chi connectivity index (χ2v) is 28.3. The Morgan fingerprint density at radius 1 is 0.640 bits per heavy atom. The Morgan fingerprint density at radius 3 is 1.74 bits per heavy atom. The second-order valence-electron chi connectivity index (χ2n) is 26.9. The van der Waals surface area contributed by atoms with Gasteiger partial charge in [-0.1, -0.05) is 84.3 Å². The molecule has 100 heavy (non-hydrogen) atoms. The number of hydrogen-bond acceptors (Lipinski definition) is 31. The van der Waals surface area contributed by atoms with Gasteiger partial charge in [-0.05, 0) is 51.4 Å². The van der Waals surface area contributed by atoms with Crippen LogP contribution in [-0.2, 0) is 89.7 Å². The van der Waals surface area contributed by atoms with Crippen molar-refractivity contribution in [1.82, 2.24) is 16.0 Å². The number of carboxylic acids is 1. The van der Waals surface area contributed by atoms with Gasteiger partial charge in [0.05, 0.1) is 32.5 Å². The Balaban J connectivity index is 1.38. The number of amides is 5. The number of ether oxygens (including phenoxy) is 11. The minimum Gasteiger partial charge on any atom is -0.479 e. The highest BCUT2D eigenvalue weighted by molar-refractivity contribution is 7.47. The highest BCUT2D eigenvalue weighted by Crippen LogP contribution is 2.49. The number of aliphatic hydroxyl groups is 10. The molecule has 5 fully saturated rings. The SMILES string of the molecule is CC(=O)N[C@H]1[C@H](O[C@H]2[C@H](O)[C@@H](NC(C)=O)[C@H](O[C@H]3[C@@H](OP(=O)(O)OC[C@@H](OCCNC/C=C(\C)CCCC(C)CCCC(C)CCCC(C)C)C(=O)O)O[C@H](C(N)=O)[C@@](C)(O)[C@@H]3OC(N)=O)O[C@@H]2CO[C@@H]2O[C@H](CO)[C@@H](O)[C@H](O)[C@H]2O)O[C@H](C)[C@@H](O[C@@H]2O[C@H](C(N)=O)[C@H](O)[C@H](O)[C@H]2O)[C@@H]1O. The molecule has 0 bridgehead atoms. The van der Waals surface area contributed by atoms with Crippen molar-refractivity contribution in [3.8, 4) is 0 Å². The van der Waals surface area contributed by atoms with E-state index in [0.717, 1.165) is 57.4 Å². The molecule has 3 unspecified atom stereocenters. The van der Waals surface area contributed by atoms with Gasteiger partial charge in [0.2, 0.25) is 23.6 Å². The molecule has 578 valence electrons. The van der Waals surface area contributed by atoms with E-state index in [-0.39, 0.29) is 13.2 Å². The third kappa shape index (κ3) is 24.6. The van der Waals surface area contributed by atoms with Gasteiger partial charge in [0.1, 0.15) is 90.9 Å². The van der Waals surface area contributed by atoms with Crippen LogP contribution in [0.1, 0.15) is 120 Å². The van der Waals surface area contributed by atoms with Crippen LogP contribution in [0.2, 0.25) is 0 Å². The average Bonchev–Trinajstić information content (AvgIpc) is 0.753. The number of allylic oxidation sites excluding steroid dienone is 1. The van der Waals surface area contributed by atoms with Crippen LogP contribution in [0.25, 0.3) is 0 Å². The number of nitrogens with one attached hydrogen (secondary N) is 3. The number of hydrogen-bond donors (Lipinski definition) is 18. The summed E-state index contributed by atoms with van der Waals surface area (Å²) >= 11 is 0. The number of carboxylic acid groups (broad SMARTS) is 1. The molecule has 0 spiro atoms. The van der Waals surface area contributed by atoms with Crippen molar-refractivity contribution in [2.45, 2.75) is 279 Å². The van der Waals surface area contributed by atoms with Gasteiger partial charge in [-0.15, -0.1) is 0 Å². The molecule has 0 aromatic rings. The van der Waals surface area contributed by atoms with E-state index in [1.54, 1.807) is 0 Å². The van der Waals surface area contributed by atoms with Crippen molar-refractivity contribution in [3.05, 3.63) is 11.6 Å². The first-order chi connectivity index (χ1) is 46.8. The highest BCUT2D eigenvalue weighted by atomic mass is 31.2. The molecule has 5 rings (SSSR count). The van der Waals surface area contributed by atoms with Crippen LogP contribution in [0, 0.1) is 17.8 Å². The molecule has 0 aromatic heterocycles. The summed E-state index contributed by atoms with van der Waals surface area (Å²) in [5.74, 6) is -4.33. The van der Waals surface area contributed by atoms with Crippen molar-refractivity contribution in [1.29, 1.82) is 0 Å². The van der Waals surface area contributed by atoms with Crippen molar-refractivity contribution in [2.75, 3.05) is 39.5 Å². The number of phosphoric ester groups is 1. The van der Waals surface area contributed by atoms with Crippen LogP contribution in [0.5, 0.6) is 0 Å². The molecule has 38 nitrogen and oxygen atoms in total. The third-order valence-corrected chi connectivity index (χ3v) is 18.8. The minimum atomic E-state index is -5.80. The monoisotopic (exact) mass is 1470 g/mol. The molecule has 0 aliphatic carbocycles. The maximum Gasteiger partial charge on any atom is 0.474 e. The lowest BCUT2D eigenvalue weighted by Gasteiger charge is -2.52. The number of primary amides is 3. The van der Waals surface area contributed by atoms with E-state index in [0.29, 0.717) is 12.5 Å². The molecule has 5 saturated heterocycles. The molecule has 5 aliphatic rings. The zero-order valence-electron chi connectivity index (χ0n) is 57.6. The molecule has 21 N–H and O–H groups in total. The molecule has 5 heterocycles. The van der Waals surface area contributed by atoms with Crippen molar-refractivity contribution in [2.24, 2.45) is 35.0 Å². The molecule has 5 aliphatic heterocycles. The summed E-state index contributed by atoms with van der Waals surface area (Å²) in [4.78, 5) is 87.5. The van der Waals surface area contributed by atoms with E-state index in [4.69, 9.17) is 78.4 Å². The maximum absolute atomic E-state index is 14.0. The third-order valence-electron chi connectivity index (χ3n) is 17.9. The van der Waals surface area contributed by atoms with E-state index in [1.807, 2.05) is 13.0 Å². The van der Waals surface area contributed by atoms with Gasteiger partial charge >= 0.3 is 19.9 Å². The van der Waals surface area contributed by atoms with Crippen molar-refractivity contribution in [3.63, 3.8) is 0 Å². The van der Waals surface area contributed by atoms with Gasteiger partial charge in [-0.25, -0.2) is 14.2 Å². The Bertz CT molecular complexity index is 2690. The fourth-order valence-electron chi connectivity index (χ4n) is 12.3. The van der Waals surface area contributed by atoms with Gasteiger partial charge in [-0.3, -0.25) is 28.2 Å². The fourth-order valence-corrected chi connectivity index (χ4v) is 13.1. The summed E-state index contributed by atoms with van der Waals surface area (Å²) in [7, 11) is -5.80. The lowest BCUT2D eigenvalue weighted by atomic mass is 9.85. The summed E-state index contributed by atoms with van der Waals surface area (Å²) in [5, 5.41) is 128. The average molecular weight is 1470 g/mol. The van der Waals surface area contributed by atoms with Gasteiger partial charge in [0, 0.05) is 26.9 Å². The van der Waals surface area contributed by atoms with E-state index in [2.05, 4.69) is 43.6 Å². The first kappa shape index (κ1) is 86.3. The summed E-state index contributed by atoms with van der Waals surface area (Å²) in [6, 6.07) is -3.89. The Kier molecular flexibility index (Phi) is 34.2. The van der Waals surface area contributed by atoms with Crippen LogP contribution >= 0.6 is 7.82 Å². The fraction of sp³-hybridized carbons (Fsp3) is 0.869. The molecule has 0 radical (unpaired) electrons. The number of rotatable bonds is 39. The summed E-state index contributed by atoms with van der Waals surface area (Å²) in [6.07, 6.45) is -37.0. The van der Waals surface area contributed by atoms with Crippen LogP contribution < -0.4 is 33.2 Å². The number of aliphatic hydroxyl groups excluding tert-OH is 9. The number of carbonyl (C=O) groups is 6. The molecule has 39 heteroatoms. The minimum absolute atomic E-state index is 0.110. The zero-order chi connectivity index (χ0) is 74.8. The van der Waals surface area contributed by atoms with E-state index >= 15 is 0 Å². The standard InChI is InChI=1S/C61H107N6O32P/c1-26(2)13-10-14-27(3)15-11-16-28(4)17-12-18-29(5)19-20-65-21-22-87-35(54(81)82)25-89-100(85,86)99-59-49(50(98-60(64)83)61(9,84)51(97-59)53(63)80)96-56-37(67-32(8)70)40(73)47(34(92-56)24-88-57-44(77)41(74)38(71)33(23-68)91-57)94-55-36(66-31(7)69)39(72)46(30(6)90-55)93-58-45(78)42(75)43(76)48(95-58)52(62)79/h19,26-28,30,33-51,55-59,65,68,71-78,84H,10-18,20-25H2,1-9H3,(H2,62,79)(H2,63,80)(H2,64,83)(H,66,69)(H,67,70)(H,81,82)(H,85,86)/b29-19+/t27?,28?,30-,33-,34-,35-,36-,37-,38-,39-,40-,41+,42+,43-,44-,45-,46-,47-,48+,49-,50-,51-,55+,56+,57-,58-,59-,61+/m1/s1. The van der Waals surface area contributed by atoms with E-state index in [9.17, 15) is 94.4 Å². The number of nitrogens with two attached hydrogens (primary N) is 3. The number of phosphoric acid groups is 1. The quantitative estimate of drug-likeness (QED) is 0.0157. The summed E-state index contributed by atoms with van der Waals surface area (Å²) < 4.78 is 88.1. The van der Waals surface area contributed by atoms with Crippen LogP contribution in [0.3, 0.4) is 0 Å². The molecule has 0 aromatic carbocycles. The normalized spacial score (nSPS) is 37.3. The second kappa shape index (κ2) is 39.7. The predicted molar refractivity (Wildman–Crippen MR) is 339 cm³/mol. The van der Waals surface area contributed by atoms with Crippen molar-refractivity contribution >= 4 is 43.5 Å². The van der Waals surface area contributed by atoms with Gasteiger partial charge < -0.3 is 146 Å². The Labute approximate surface area is 578 Å². The molecule has 5 amide bonds. The Morgan fingerprint density at radius 2 is 1.18 bits per heavy atom. The van der Waals surface area contributed by atoms with Crippen LogP contribution in [-0.4, -0.2) is 295 Å². The van der Waals surface area contributed by atoms with E-state index in [1.165, 1.54) is 45.4 Å². The maximum atomic E-state index is 14.0. The van der Waals surface area contributed by atoms with Gasteiger partial charge in [-0.2, -0.15) is 0 Å². The largest absolute Gasteiger partial charge is 0.479 e. The number of carbonyl (C=O) groups excluding carboxylic acids is 5. The lowest BCUT2D eigenvalue weighted by Crippen LogP contribution is -2.72. The predicted octanol–water partition coefficient (Wildman–Crippen LogP) is -4.54. The molecule has 29 atom stereocenters. The summed E-state index contributed by atoms with van der Waals surface area (Å²) in [6.45, 7) is 12.1. The zero-order valence-corrected chi connectivity index (χ0v) is 58.5. The topological polar surface area (TPSA) is 596 Å². The van der Waals surface area contributed by atoms with E-state index < -0.39 is 222 Å². The van der Waals surface area contributed by atoms with Crippen LogP contribution in [0.15, 0.2) is 11.6 Å². The summed E-state index contributed by atoms with van der Waals surface area (Å²) in [5.41, 5.74) is 14.6. The number of aliphatic carboxylic acids is 1. The molecule has 0 saturated carbocycles. The van der Waals surface area contributed by atoms with Gasteiger partial charge in [0.15, 0.2) is 62.0 Å². The lowest BCUT2D eigenvalue weighted by molar-refractivity contribution is -0.375. The Hall–Kier alpha value is -4.37. The smallest absolute Gasteiger partial charge is 0.474 e. The van der Waals surface area contributed by atoms with Crippen LogP contribution in [0.4, 0.5) is 4.79 Å². The van der Waals surface area contributed by atoms with Crippen molar-refractivity contribution < 1.29 is 156 Å². The molecular weight excluding hydrogens is 1360 g/mol. The molecular formula is C61H107N6O32P. The first-order valence-electron chi connectivity index (χ1n) is 33.4. The first-order valence-corrected chi connectivity index (χ1v) is 34.9.